The van der Waals surface area contributed by atoms with E-state index in [-0.39, 0.29) is 5.41 Å². The largest absolute Gasteiger partial charge is 0.383 e. The third kappa shape index (κ3) is 1.98. The van der Waals surface area contributed by atoms with Gasteiger partial charge in [0.1, 0.15) is 5.82 Å². The number of nitrogens with zero attached hydrogens (tertiary/aromatic N) is 4. The van der Waals surface area contributed by atoms with E-state index >= 15 is 0 Å². The number of anilines is 1. The minimum absolute atomic E-state index is 0.128. The Hall–Kier alpha value is -1.89. The van der Waals surface area contributed by atoms with Gasteiger partial charge in [-0.15, -0.1) is 0 Å². The van der Waals surface area contributed by atoms with Crippen molar-refractivity contribution in [2.24, 2.45) is 0 Å². The minimum Gasteiger partial charge on any atom is -0.383 e. The van der Waals surface area contributed by atoms with Crippen LogP contribution in [0, 0.1) is 0 Å². The van der Waals surface area contributed by atoms with Crippen molar-refractivity contribution in [1.82, 2.24) is 25.0 Å². The third-order valence-electron chi connectivity index (χ3n) is 3.05. The van der Waals surface area contributed by atoms with Crippen LogP contribution in [0.15, 0.2) is 22.8 Å². The number of halogens is 1. The van der Waals surface area contributed by atoms with Crippen LogP contribution in [0.2, 0.25) is 0 Å². The van der Waals surface area contributed by atoms with Crippen LogP contribution in [0.25, 0.3) is 16.9 Å². The van der Waals surface area contributed by atoms with E-state index in [0.717, 1.165) is 15.6 Å². The molecular weight excluding hydrogens is 320 g/mol. The highest BCUT2D eigenvalue weighted by atomic mass is 79.9. The van der Waals surface area contributed by atoms with Gasteiger partial charge in [0.2, 0.25) is 0 Å². The number of fused-ring (bicyclic) bond motifs is 1. The highest BCUT2D eigenvalue weighted by Gasteiger charge is 2.26. The Morgan fingerprint density at radius 3 is 2.65 bits per heavy atom. The van der Waals surface area contributed by atoms with Crippen LogP contribution in [0.1, 0.15) is 26.5 Å². The topological polar surface area (TPSA) is 85.4 Å². The molecule has 6 nitrogen and oxygen atoms in total. The summed E-state index contributed by atoms with van der Waals surface area (Å²) in [7, 11) is 0. The van der Waals surface area contributed by atoms with Crippen molar-refractivity contribution in [2.45, 2.75) is 26.2 Å². The maximum Gasteiger partial charge on any atom is 0.188 e. The summed E-state index contributed by atoms with van der Waals surface area (Å²) in [6, 6.07) is 3.80. The van der Waals surface area contributed by atoms with Crippen molar-refractivity contribution in [3.05, 3.63) is 28.5 Å². The van der Waals surface area contributed by atoms with Crippen molar-refractivity contribution >= 4 is 32.8 Å². The van der Waals surface area contributed by atoms with Crippen molar-refractivity contribution < 1.29 is 0 Å². The Balaban J connectivity index is 2.29. The zero-order valence-electron chi connectivity index (χ0n) is 11.5. The molecule has 3 N–H and O–H groups in total. The summed E-state index contributed by atoms with van der Waals surface area (Å²) in [4.78, 5) is 4.36. The molecule has 0 unspecified atom stereocenters. The van der Waals surface area contributed by atoms with Crippen LogP contribution in [0.5, 0.6) is 0 Å². The molecule has 0 saturated carbocycles. The Bertz CT molecular complexity index is 763. The Morgan fingerprint density at radius 1 is 1.30 bits per heavy atom. The predicted molar refractivity (Wildman–Crippen MR) is 81.8 cm³/mol. The van der Waals surface area contributed by atoms with E-state index in [0.29, 0.717) is 17.3 Å². The van der Waals surface area contributed by atoms with Gasteiger partial charge in [-0.25, -0.2) is 4.98 Å². The van der Waals surface area contributed by atoms with E-state index in [9.17, 15) is 0 Å². The standard InChI is InChI=1S/C13H15BrN6/c1-13(2,3)10-9-11(15)17-18-12(9)20(19-10)8-5-4-7(14)6-16-8/h4-6H,1-3H3,(H3,15,17,18). The Labute approximate surface area is 124 Å². The maximum absolute atomic E-state index is 5.99. The molecule has 3 aromatic rings. The van der Waals surface area contributed by atoms with Gasteiger partial charge < -0.3 is 5.73 Å². The van der Waals surface area contributed by atoms with Gasteiger partial charge in [-0.1, -0.05) is 20.8 Å². The lowest BCUT2D eigenvalue weighted by Gasteiger charge is -2.15. The van der Waals surface area contributed by atoms with E-state index in [1.54, 1.807) is 10.9 Å². The molecule has 3 aromatic heterocycles. The van der Waals surface area contributed by atoms with Crippen LogP contribution in [0.3, 0.4) is 0 Å². The average molecular weight is 335 g/mol. The average Bonchev–Trinajstić information content (AvgIpc) is 2.91. The van der Waals surface area contributed by atoms with Gasteiger partial charge in [-0.05, 0) is 28.1 Å². The Morgan fingerprint density at radius 2 is 2.05 bits per heavy atom. The number of nitrogens with two attached hydrogens (primary N) is 1. The molecule has 0 aliphatic heterocycles. The summed E-state index contributed by atoms with van der Waals surface area (Å²) in [5.74, 6) is 1.24. The fourth-order valence-corrected chi connectivity index (χ4v) is 2.34. The van der Waals surface area contributed by atoms with E-state index < -0.39 is 0 Å². The van der Waals surface area contributed by atoms with Crippen molar-refractivity contribution in [3.8, 4) is 5.82 Å². The SMILES string of the molecule is CC(C)(C)c1nn(-c2ccc(Br)cn2)c2n[nH]c(N)c12. The van der Waals surface area contributed by atoms with Gasteiger partial charge in [0, 0.05) is 16.1 Å². The minimum atomic E-state index is -0.128. The quantitative estimate of drug-likeness (QED) is 0.716. The molecule has 0 bridgehead atoms. The number of nitrogen functional groups attached to an aromatic ring is 1. The summed E-state index contributed by atoms with van der Waals surface area (Å²) >= 11 is 3.37. The first kappa shape index (κ1) is 13.1. The van der Waals surface area contributed by atoms with Crippen LogP contribution in [0.4, 0.5) is 5.82 Å². The van der Waals surface area contributed by atoms with Crippen molar-refractivity contribution in [3.63, 3.8) is 0 Å². The highest BCUT2D eigenvalue weighted by molar-refractivity contribution is 9.10. The van der Waals surface area contributed by atoms with Gasteiger partial charge in [0.05, 0.1) is 11.1 Å². The van der Waals surface area contributed by atoms with Crippen LogP contribution in [-0.4, -0.2) is 25.0 Å². The molecule has 7 heteroatoms. The van der Waals surface area contributed by atoms with Crippen molar-refractivity contribution in [1.29, 1.82) is 0 Å². The smallest absolute Gasteiger partial charge is 0.188 e. The molecule has 104 valence electrons. The van der Waals surface area contributed by atoms with E-state index in [4.69, 9.17) is 5.73 Å². The molecule has 0 aromatic carbocycles. The number of aromatic nitrogens is 5. The second-order valence-electron chi connectivity index (χ2n) is 5.68. The number of rotatable bonds is 1. The normalized spacial score (nSPS) is 12.2. The fraction of sp³-hybridized carbons (Fsp3) is 0.308. The van der Waals surface area contributed by atoms with E-state index in [2.05, 4.69) is 57.0 Å². The summed E-state index contributed by atoms with van der Waals surface area (Å²) in [6.45, 7) is 6.29. The van der Waals surface area contributed by atoms with Crippen LogP contribution >= 0.6 is 15.9 Å². The zero-order chi connectivity index (χ0) is 14.5. The molecule has 0 saturated heterocycles. The summed E-state index contributed by atoms with van der Waals surface area (Å²) in [6.07, 6.45) is 1.73. The van der Waals surface area contributed by atoms with Gasteiger partial charge in [-0.2, -0.15) is 14.9 Å². The van der Waals surface area contributed by atoms with E-state index in [1.165, 1.54) is 0 Å². The van der Waals surface area contributed by atoms with Crippen LogP contribution in [-0.2, 0) is 5.41 Å². The van der Waals surface area contributed by atoms with Gasteiger partial charge in [0.25, 0.3) is 0 Å². The Kier molecular flexibility index (Phi) is 2.82. The molecule has 20 heavy (non-hydrogen) atoms. The number of hydrogen-bond donors (Lipinski definition) is 2. The lowest BCUT2D eigenvalue weighted by Crippen LogP contribution is -2.14. The van der Waals surface area contributed by atoms with Gasteiger partial charge in [0.15, 0.2) is 11.5 Å². The zero-order valence-corrected chi connectivity index (χ0v) is 13.1. The lowest BCUT2D eigenvalue weighted by molar-refractivity contribution is 0.563. The predicted octanol–water partition coefficient (Wildman–Crippen LogP) is 2.79. The summed E-state index contributed by atoms with van der Waals surface area (Å²) in [5, 5.41) is 12.6. The molecular formula is C13H15BrN6. The summed E-state index contributed by atoms with van der Waals surface area (Å²) < 4.78 is 2.64. The van der Waals surface area contributed by atoms with Crippen LogP contribution < -0.4 is 5.73 Å². The van der Waals surface area contributed by atoms with E-state index in [1.807, 2.05) is 12.1 Å². The molecule has 0 aliphatic carbocycles. The molecule has 0 aliphatic rings. The summed E-state index contributed by atoms with van der Waals surface area (Å²) in [5.41, 5.74) is 7.46. The molecule has 0 amide bonds. The molecule has 0 spiro atoms. The third-order valence-corrected chi connectivity index (χ3v) is 3.52. The second-order valence-corrected chi connectivity index (χ2v) is 6.60. The first-order valence-electron chi connectivity index (χ1n) is 6.23. The highest BCUT2D eigenvalue weighted by Crippen LogP contribution is 2.32. The maximum atomic E-state index is 5.99. The second kappa shape index (κ2) is 4.31. The number of hydrogen-bond acceptors (Lipinski definition) is 4. The molecule has 0 atom stereocenters. The first-order chi connectivity index (χ1) is 9.38. The number of pyridine rings is 1. The van der Waals surface area contributed by atoms with Gasteiger partial charge in [-0.3, -0.25) is 5.10 Å². The molecule has 0 fully saturated rings. The lowest BCUT2D eigenvalue weighted by atomic mass is 9.91. The monoisotopic (exact) mass is 334 g/mol. The molecule has 3 rings (SSSR count). The number of nitrogens with one attached hydrogen (secondary N) is 1. The molecule has 0 radical (unpaired) electrons. The van der Waals surface area contributed by atoms with Crippen molar-refractivity contribution in [2.75, 3.05) is 5.73 Å². The fourth-order valence-electron chi connectivity index (χ4n) is 2.11. The van der Waals surface area contributed by atoms with Gasteiger partial charge >= 0.3 is 0 Å². The number of H-pyrrole nitrogens is 1. The number of aromatic amines is 1. The first-order valence-corrected chi connectivity index (χ1v) is 7.02. The molecule has 3 heterocycles.